The van der Waals surface area contributed by atoms with E-state index in [9.17, 15) is 4.39 Å². The summed E-state index contributed by atoms with van der Waals surface area (Å²) >= 11 is 0. The van der Waals surface area contributed by atoms with Crippen molar-refractivity contribution < 1.29 is 9.13 Å². The number of hydrogen-bond donors (Lipinski definition) is 2. The van der Waals surface area contributed by atoms with Crippen LogP contribution >= 0.6 is 0 Å². The van der Waals surface area contributed by atoms with E-state index in [2.05, 4.69) is 22.4 Å². The first-order valence-corrected chi connectivity index (χ1v) is 7.20. The van der Waals surface area contributed by atoms with Gasteiger partial charge in [-0.2, -0.15) is 0 Å². The Morgan fingerprint density at radius 3 is 2.73 bits per heavy atom. The van der Waals surface area contributed by atoms with Crippen molar-refractivity contribution in [2.45, 2.75) is 6.42 Å². The van der Waals surface area contributed by atoms with Crippen LogP contribution in [0.2, 0.25) is 0 Å². The predicted octanol–water partition coefficient (Wildman–Crippen LogP) is 2.35. The van der Waals surface area contributed by atoms with Gasteiger partial charge in [-0.05, 0) is 24.1 Å². The highest BCUT2D eigenvalue weighted by molar-refractivity contribution is 5.77. The number of guanidine groups is 1. The van der Waals surface area contributed by atoms with Gasteiger partial charge in [0.05, 0.1) is 6.54 Å². The van der Waals surface area contributed by atoms with Crippen molar-refractivity contribution in [2.24, 2.45) is 10.7 Å². The van der Waals surface area contributed by atoms with Crippen molar-refractivity contribution in [2.75, 3.05) is 19.7 Å². The molecule has 0 amide bonds. The molecule has 116 valence electrons. The van der Waals surface area contributed by atoms with E-state index in [1.54, 1.807) is 12.1 Å². The van der Waals surface area contributed by atoms with Crippen LogP contribution in [-0.2, 0) is 6.42 Å². The van der Waals surface area contributed by atoms with E-state index >= 15 is 0 Å². The fourth-order valence-electron chi connectivity index (χ4n) is 1.91. The first-order chi connectivity index (χ1) is 10.7. The SMILES string of the molecule is NC(=NCCc1ccccc1)NCCOc1cccc(F)c1. The van der Waals surface area contributed by atoms with Gasteiger partial charge in [0.25, 0.3) is 0 Å². The molecule has 2 aromatic carbocycles. The minimum Gasteiger partial charge on any atom is -0.492 e. The standard InChI is InChI=1S/C17H20FN3O/c18-15-7-4-8-16(13-15)22-12-11-21-17(19)20-10-9-14-5-2-1-3-6-14/h1-8,13H,9-12H2,(H3,19,20,21). The fourth-order valence-corrected chi connectivity index (χ4v) is 1.91. The van der Waals surface area contributed by atoms with Crippen LogP contribution in [0.5, 0.6) is 5.75 Å². The van der Waals surface area contributed by atoms with Crippen LogP contribution in [0.15, 0.2) is 59.6 Å². The van der Waals surface area contributed by atoms with Gasteiger partial charge < -0.3 is 15.8 Å². The molecule has 5 heteroatoms. The Kier molecular flexibility index (Phi) is 6.23. The summed E-state index contributed by atoms with van der Waals surface area (Å²) < 4.78 is 18.3. The molecule has 0 aliphatic carbocycles. The third-order valence-electron chi connectivity index (χ3n) is 3.00. The zero-order valence-corrected chi connectivity index (χ0v) is 12.3. The lowest BCUT2D eigenvalue weighted by Crippen LogP contribution is -2.35. The van der Waals surface area contributed by atoms with Crippen LogP contribution in [0.1, 0.15) is 5.56 Å². The van der Waals surface area contributed by atoms with Crippen molar-refractivity contribution in [3.8, 4) is 5.75 Å². The number of nitrogens with one attached hydrogen (secondary N) is 1. The normalized spacial score (nSPS) is 11.2. The molecule has 0 aliphatic heterocycles. The van der Waals surface area contributed by atoms with Crippen LogP contribution < -0.4 is 15.8 Å². The average molecular weight is 301 g/mol. The Labute approximate surface area is 129 Å². The quantitative estimate of drug-likeness (QED) is 0.469. The summed E-state index contributed by atoms with van der Waals surface area (Å²) in [7, 11) is 0. The molecule has 4 nitrogen and oxygen atoms in total. The first-order valence-electron chi connectivity index (χ1n) is 7.20. The molecule has 0 aromatic heterocycles. The Morgan fingerprint density at radius 1 is 1.14 bits per heavy atom. The van der Waals surface area contributed by atoms with E-state index in [1.807, 2.05) is 18.2 Å². The van der Waals surface area contributed by atoms with Crippen molar-refractivity contribution >= 4 is 5.96 Å². The number of hydrogen-bond acceptors (Lipinski definition) is 2. The number of ether oxygens (including phenoxy) is 1. The van der Waals surface area contributed by atoms with Crippen LogP contribution in [0.25, 0.3) is 0 Å². The number of benzene rings is 2. The molecule has 0 heterocycles. The van der Waals surface area contributed by atoms with Gasteiger partial charge in [0.2, 0.25) is 0 Å². The Balaban J connectivity index is 1.63. The van der Waals surface area contributed by atoms with E-state index in [4.69, 9.17) is 10.5 Å². The van der Waals surface area contributed by atoms with Crippen LogP contribution in [-0.4, -0.2) is 25.7 Å². The zero-order valence-electron chi connectivity index (χ0n) is 12.3. The summed E-state index contributed by atoms with van der Waals surface area (Å²) in [5, 5.41) is 2.96. The van der Waals surface area contributed by atoms with E-state index < -0.39 is 0 Å². The Bertz CT molecular complexity index is 602. The minimum absolute atomic E-state index is 0.313. The zero-order chi connectivity index (χ0) is 15.6. The third-order valence-corrected chi connectivity index (χ3v) is 3.00. The molecule has 22 heavy (non-hydrogen) atoms. The number of aliphatic imine (C=N–C) groups is 1. The van der Waals surface area contributed by atoms with Gasteiger partial charge in [0, 0.05) is 12.6 Å². The lowest BCUT2D eigenvalue weighted by molar-refractivity contribution is 0.320. The lowest BCUT2D eigenvalue weighted by Gasteiger charge is -2.08. The average Bonchev–Trinajstić information content (AvgIpc) is 2.53. The van der Waals surface area contributed by atoms with Crippen LogP contribution in [0, 0.1) is 5.82 Å². The second-order valence-electron chi connectivity index (χ2n) is 4.74. The molecule has 0 unspecified atom stereocenters. The molecule has 2 rings (SSSR count). The summed E-state index contributed by atoms with van der Waals surface area (Å²) in [5.74, 6) is 0.576. The van der Waals surface area contributed by atoms with E-state index in [0.717, 1.165) is 6.42 Å². The molecule has 3 N–H and O–H groups in total. The largest absolute Gasteiger partial charge is 0.492 e. The molecule has 0 bridgehead atoms. The summed E-state index contributed by atoms with van der Waals surface area (Å²) in [6, 6.07) is 16.2. The molecule has 0 radical (unpaired) electrons. The molecular weight excluding hydrogens is 281 g/mol. The van der Waals surface area contributed by atoms with Gasteiger partial charge in [-0.1, -0.05) is 36.4 Å². The molecule has 0 atom stereocenters. The van der Waals surface area contributed by atoms with Crippen molar-refractivity contribution in [3.05, 3.63) is 66.0 Å². The minimum atomic E-state index is -0.313. The maximum Gasteiger partial charge on any atom is 0.188 e. The summed E-state index contributed by atoms with van der Waals surface area (Å²) in [6.07, 6.45) is 0.850. The summed E-state index contributed by atoms with van der Waals surface area (Å²) in [5.41, 5.74) is 6.99. The maximum absolute atomic E-state index is 12.9. The molecule has 2 aromatic rings. The van der Waals surface area contributed by atoms with E-state index in [1.165, 1.54) is 17.7 Å². The van der Waals surface area contributed by atoms with Crippen molar-refractivity contribution in [1.82, 2.24) is 5.32 Å². The lowest BCUT2D eigenvalue weighted by atomic mass is 10.2. The Morgan fingerprint density at radius 2 is 1.95 bits per heavy atom. The molecule has 0 saturated carbocycles. The second-order valence-corrected chi connectivity index (χ2v) is 4.74. The van der Waals surface area contributed by atoms with Crippen LogP contribution in [0.4, 0.5) is 4.39 Å². The maximum atomic E-state index is 12.9. The van der Waals surface area contributed by atoms with Gasteiger partial charge in [-0.3, -0.25) is 4.99 Å². The van der Waals surface area contributed by atoms with Gasteiger partial charge in [0.1, 0.15) is 18.2 Å². The van der Waals surface area contributed by atoms with Crippen molar-refractivity contribution in [1.29, 1.82) is 0 Å². The summed E-state index contributed by atoms with van der Waals surface area (Å²) in [6.45, 7) is 1.53. The Hall–Kier alpha value is -2.56. The summed E-state index contributed by atoms with van der Waals surface area (Å²) in [4.78, 5) is 4.25. The van der Waals surface area contributed by atoms with E-state index in [-0.39, 0.29) is 5.82 Å². The molecular formula is C17H20FN3O. The third kappa shape index (κ3) is 5.83. The van der Waals surface area contributed by atoms with Gasteiger partial charge >= 0.3 is 0 Å². The van der Waals surface area contributed by atoms with Crippen molar-refractivity contribution in [3.63, 3.8) is 0 Å². The molecule has 0 aliphatic rings. The van der Waals surface area contributed by atoms with E-state index in [0.29, 0.717) is 31.4 Å². The molecule has 0 spiro atoms. The second kappa shape index (κ2) is 8.67. The number of nitrogens with two attached hydrogens (primary N) is 1. The topological polar surface area (TPSA) is 59.6 Å². The number of nitrogens with zero attached hydrogens (tertiary/aromatic N) is 1. The molecule has 0 saturated heterocycles. The first kappa shape index (κ1) is 15.8. The van der Waals surface area contributed by atoms with Gasteiger partial charge in [-0.15, -0.1) is 0 Å². The fraction of sp³-hybridized carbons (Fsp3) is 0.235. The smallest absolute Gasteiger partial charge is 0.188 e. The number of rotatable bonds is 7. The number of halogens is 1. The van der Waals surface area contributed by atoms with Gasteiger partial charge in [-0.25, -0.2) is 4.39 Å². The van der Waals surface area contributed by atoms with Crippen LogP contribution in [0.3, 0.4) is 0 Å². The highest BCUT2D eigenvalue weighted by Crippen LogP contribution is 2.11. The highest BCUT2D eigenvalue weighted by atomic mass is 19.1. The van der Waals surface area contributed by atoms with Gasteiger partial charge in [0.15, 0.2) is 5.96 Å². The highest BCUT2D eigenvalue weighted by Gasteiger charge is 1.97. The predicted molar refractivity (Wildman–Crippen MR) is 86.5 cm³/mol. The molecule has 0 fully saturated rings. The monoisotopic (exact) mass is 301 g/mol.